The van der Waals surface area contributed by atoms with Crippen molar-refractivity contribution < 1.29 is 30.6 Å². The molecule has 19 heavy (non-hydrogen) atoms. The molecule has 0 atom stereocenters. The summed E-state index contributed by atoms with van der Waals surface area (Å²) in [7, 11) is -5.78. The Balaban J connectivity index is 3.07. The van der Waals surface area contributed by atoms with E-state index in [-0.39, 0.29) is 16.5 Å². The molecule has 0 N–H and O–H groups in total. The van der Waals surface area contributed by atoms with Gasteiger partial charge in [-0.05, 0) is 12.1 Å². The van der Waals surface area contributed by atoms with Crippen molar-refractivity contribution in [3.05, 3.63) is 28.8 Å². The lowest BCUT2D eigenvalue weighted by atomic mass is 10.1. The van der Waals surface area contributed by atoms with Gasteiger partial charge in [-0.25, -0.2) is 0 Å². The molecule has 0 saturated heterocycles. The highest BCUT2D eigenvalue weighted by molar-refractivity contribution is 7.88. The van der Waals surface area contributed by atoms with E-state index in [2.05, 4.69) is 4.18 Å². The van der Waals surface area contributed by atoms with Crippen LogP contribution in [-0.4, -0.2) is 25.6 Å². The van der Waals surface area contributed by atoms with Crippen LogP contribution in [0.2, 0.25) is 5.02 Å². The van der Waals surface area contributed by atoms with E-state index in [0.29, 0.717) is 0 Å². The molecular formula is C9H5Cl2F3O4S. The van der Waals surface area contributed by atoms with Gasteiger partial charge in [-0.15, -0.1) is 11.6 Å². The number of benzene rings is 1. The maximum atomic E-state index is 12.1. The molecule has 1 aromatic rings. The summed E-state index contributed by atoms with van der Waals surface area (Å²) in [5.41, 5.74) is -5.60. The number of carbonyl (C=O) groups excluding carboxylic acids is 1. The molecule has 1 aromatic carbocycles. The Bertz CT molecular complexity index is 598. The van der Waals surface area contributed by atoms with Gasteiger partial charge in [-0.1, -0.05) is 11.6 Å². The third-order valence-corrected chi connectivity index (χ3v) is 3.39. The fraction of sp³-hybridized carbons (Fsp3) is 0.222. The topological polar surface area (TPSA) is 60.4 Å². The van der Waals surface area contributed by atoms with Gasteiger partial charge in [0.15, 0.2) is 5.78 Å². The van der Waals surface area contributed by atoms with E-state index in [0.717, 1.165) is 18.2 Å². The molecule has 0 aromatic heterocycles. The zero-order valence-electron chi connectivity index (χ0n) is 8.87. The lowest BCUT2D eigenvalue weighted by Crippen LogP contribution is -2.28. The quantitative estimate of drug-likeness (QED) is 0.367. The van der Waals surface area contributed by atoms with Crippen LogP contribution in [0, 0.1) is 0 Å². The zero-order valence-corrected chi connectivity index (χ0v) is 11.2. The van der Waals surface area contributed by atoms with Crippen LogP contribution < -0.4 is 4.18 Å². The molecule has 0 aliphatic heterocycles. The van der Waals surface area contributed by atoms with Crippen LogP contribution in [0.3, 0.4) is 0 Å². The summed E-state index contributed by atoms with van der Waals surface area (Å²) in [6.45, 7) is 0. The van der Waals surface area contributed by atoms with Crippen molar-refractivity contribution in [3.8, 4) is 5.75 Å². The van der Waals surface area contributed by atoms with Gasteiger partial charge in [0.05, 0.1) is 10.9 Å². The Morgan fingerprint density at radius 3 is 2.32 bits per heavy atom. The number of ketones is 1. The molecule has 0 aliphatic carbocycles. The first-order valence-corrected chi connectivity index (χ1v) is 6.80. The minimum atomic E-state index is -5.78. The number of halogens is 5. The second kappa shape index (κ2) is 5.56. The van der Waals surface area contributed by atoms with Gasteiger partial charge in [0, 0.05) is 11.6 Å². The van der Waals surface area contributed by atoms with Crippen molar-refractivity contribution in [3.63, 3.8) is 0 Å². The van der Waals surface area contributed by atoms with E-state index < -0.39 is 27.2 Å². The van der Waals surface area contributed by atoms with Gasteiger partial charge >= 0.3 is 15.6 Å². The van der Waals surface area contributed by atoms with Gasteiger partial charge in [-0.3, -0.25) is 4.79 Å². The summed E-state index contributed by atoms with van der Waals surface area (Å²) in [5.74, 6) is -1.59. The molecule has 0 saturated carbocycles. The normalized spacial score (nSPS) is 12.3. The standard InChI is InChI=1S/C9H5Cl2F3O4S/c10-4-8(15)6-2-1-5(3-7(6)11)18-19(16,17)9(12,13)14/h1-3H,4H2. The number of alkyl halides is 4. The Morgan fingerprint density at radius 2 is 1.89 bits per heavy atom. The van der Waals surface area contributed by atoms with Crippen molar-refractivity contribution >= 4 is 39.1 Å². The molecule has 4 nitrogen and oxygen atoms in total. The molecule has 0 amide bonds. The number of hydrogen-bond donors (Lipinski definition) is 0. The van der Waals surface area contributed by atoms with Crippen LogP contribution in [0.25, 0.3) is 0 Å². The van der Waals surface area contributed by atoms with Crippen LogP contribution in [0.5, 0.6) is 5.75 Å². The van der Waals surface area contributed by atoms with Crippen LogP contribution in [-0.2, 0) is 10.1 Å². The molecule has 106 valence electrons. The van der Waals surface area contributed by atoms with Gasteiger partial charge in [0.1, 0.15) is 5.75 Å². The molecule has 1 rings (SSSR count). The van der Waals surface area contributed by atoms with E-state index >= 15 is 0 Å². The molecule has 10 heteroatoms. The van der Waals surface area contributed by atoms with Gasteiger partial charge in [-0.2, -0.15) is 21.6 Å². The first-order valence-electron chi connectivity index (χ1n) is 4.48. The maximum absolute atomic E-state index is 12.1. The van der Waals surface area contributed by atoms with E-state index in [9.17, 15) is 26.4 Å². The fourth-order valence-electron chi connectivity index (χ4n) is 1.02. The van der Waals surface area contributed by atoms with Crippen LogP contribution in [0.1, 0.15) is 10.4 Å². The summed E-state index contributed by atoms with van der Waals surface area (Å²) in [6, 6.07) is 2.67. The molecule has 0 unspecified atom stereocenters. The second-order valence-electron chi connectivity index (χ2n) is 3.18. The molecule has 0 aliphatic rings. The first kappa shape index (κ1) is 16.1. The average Bonchev–Trinajstić information content (AvgIpc) is 2.26. The first-order chi connectivity index (χ1) is 8.58. The average molecular weight is 337 g/mol. The zero-order chi connectivity index (χ0) is 14.8. The Labute approximate surface area is 116 Å². The SMILES string of the molecule is O=C(CCl)c1ccc(OS(=O)(=O)C(F)(F)F)cc1Cl. The van der Waals surface area contributed by atoms with Crippen LogP contribution >= 0.6 is 23.2 Å². The fourth-order valence-corrected chi connectivity index (χ4v) is 1.89. The lowest BCUT2D eigenvalue weighted by Gasteiger charge is -2.10. The van der Waals surface area contributed by atoms with Gasteiger partial charge in [0.25, 0.3) is 0 Å². The highest BCUT2D eigenvalue weighted by Crippen LogP contribution is 2.29. The van der Waals surface area contributed by atoms with Crippen molar-refractivity contribution in [1.29, 1.82) is 0 Å². The summed E-state index contributed by atoms with van der Waals surface area (Å²) in [5, 5.41) is -0.263. The van der Waals surface area contributed by atoms with Gasteiger partial charge < -0.3 is 4.18 Å². The third kappa shape index (κ3) is 3.74. The molecule has 0 heterocycles. The number of rotatable bonds is 4. The van der Waals surface area contributed by atoms with Crippen molar-refractivity contribution in [1.82, 2.24) is 0 Å². The number of Topliss-reactive ketones (excluding diaryl/α,β-unsaturated/α-hetero) is 1. The Hall–Kier alpha value is -0.990. The van der Waals surface area contributed by atoms with Crippen LogP contribution in [0.15, 0.2) is 18.2 Å². The third-order valence-electron chi connectivity index (χ3n) is 1.85. The summed E-state index contributed by atoms with van der Waals surface area (Å²) >= 11 is 10.9. The second-order valence-corrected chi connectivity index (χ2v) is 5.39. The Morgan fingerprint density at radius 1 is 1.32 bits per heavy atom. The van der Waals surface area contributed by atoms with Crippen LogP contribution in [0.4, 0.5) is 13.2 Å². The minimum absolute atomic E-state index is 0.0478. The summed E-state index contributed by atoms with van der Waals surface area (Å²) in [6.07, 6.45) is 0. The predicted octanol–water partition coefficient (Wildman–Crippen LogP) is 2.99. The monoisotopic (exact) mass is 336 g/mol. The van der Waals surface area contributed by atoms with Gasteiger partial charge in [0.2, 0.25) is 0 Å². The van der Waals surface area contributed by atoms with E-state index in [4.69, 9.17) is 23.2 Å². The minimum Gasteiger partial charge on any atom is -0.376 e. The molecular weight excluding hydrogens is 332 g/mol. The maximum Gasteiger partial charge on any atom is 0.534 e. The highest BCUT2D eigenvalue weighted by atomic mass is 35.5. The van der Waals surface area contributed by atoms with Crippen molar-refractivity contribution in [2.45, 2.75) is 5.51 Å². The largest absolute Gasteiger partial charge is 0.534 e. The number of hydrogen-bond acceptors (Lipinski definition) is 4. The van der Waals surface area contributed by atoms with E-state index in [1.165, 1.54) is 0 Å². The Kier molecular flexibility index (Phi) is 4.70. The van der Waals surface area contributed by atoms with E-state index in [1.807, 2.05) is 0 Å². The molecule has 0 spiro atoms. The van der Waals surface area contributed by atoms with Crippen molar-refractivity contribution in [2.24, 2.45) is 0 Å². The summed E-state index contributed by atoms with van der Waals surface area (Å²) in [4.78, 5) is 11.2. The number of carbonyl (C=O) groups is 1. The summed E-state index contributed by atoms with van der Waals surface area (Å²) < 4.78 is 61.5. The predicted molar refractivity (Wildman–Crippen MR) is 62.1 cm³/mol. The van der Waals surface area contributed by atoms with E-state index in [1.54, 1.807) is 0 Å². The lowest BCUT2D eigenvalue weighted by molar-refractivity contribution is -0.0500. The smallest absolute Gasteiger partial charge is 0.376 e. The molecule has 0 fully saturated rings. The highest BCUT2D eigenvalue weighted by Gasteiger charge is 2.48. The molecule has 0 bridgehead atoms. The molecule has 0 radical (unpaired) electrons. The van der Waals surface area contributed by atoms with Crippen molar-refractivity contribution in [2.75, 3.05) is 5.88 Å².